The Morgan fingerprint density at radius 1 is 1.21 bits per heavy atom. The van der Waals surface area contributed by atoms with Crippen molar-refractivity contribution >= 4 is 23.1 Å². The third-order valence-electron chi connectivity index (χ3n) is 2.61. The molecule has 0 saturated carbocycles. The highest BCUT2D eigenvalue weighted by atomic mass is 32.1. The molecule has 0 atom stereocenters. The zero-order valence-corrected chi connectivity index (χ0v) is 11.0. The molecule has 0 aliphatic heterocycles. The van der Waals surface area contributed by atoms with Gasteiger partial charge in [-0.1, -0.05) is 30.4 Å². The number of amides is 1. The number of carbonyl (C=O) groups excluding carboxylic acids is 1. The lowest BCUT2D eigenvalue weighted by Crippen LogP contribution is -2.23. The number of rotatable bonds is 4. The molecule has 96 valence electrons. The van der Waals surface area contributed by atoms with E-state index in [0.29, 0.717) is 17.1 Å². The van der Waals surface area contributed by atoms with Crippen molar-refractivity contribution in [2.24, 2.45) is 5.73 Å². The van der Waals surface area contributed by atoms with Crippen molar-refractivity contribution in [1.82, 2.24) is 10.3 Å². The molecule has 0 unspecified atom stereocenters. The quantitative estimate of drug-likeness (QED) is 0.830. The second-order valence-electron chi connectivity index (χ2n) is 3.99. The maximum Gasteiger partial charge on any atom is 0.251 e. The van der Waals surface area contributed by atoms with E-state index in [1.807, 2.05) is 12.1 Å². The molecule has 0 radical (unpaired) electrons. The first-order valence-corrected chi connectivity index (χ1v) is 6.14. The predicted molar refractivity (Wildman–Crippen MR) is 77.7 cm³/mol. The van der Waals surface area contributed by atoms with Crippen LogP contribution in [0.5, 0.6) is 0 Å². The molecule has 0 bridgehead atoms. The molecular formula is C14H13N3OS. The first-order valence-electron chi connectivity index (χ1n) is 5.74. The molecule has 2 rings (SSSR count). The van der Waals surface area contributed by atoms with Crippen LogP contribution in [-0.4, -0.2) is 15.9 Å². The topological polar surface area (TPSA) is 68.0 Å². The highest BCUT2D eigenvalue weighted by molar-refractivity contribution is 7.80. The second kappa shape index (κ2) is 6.06. The van der Waals surface area contributed by atoms with Gasteiger partial charge in [0, 0.05) is 30.1 Å². The van der Waals surface area contributed by atoms with Gasteiger partial charge < -0.3 is 11.1 Å². The average Bonchev–Trinajstić information content (AvgIpc) is 2.46. The molecule has 1 amide bonds. The number of aromatic nitrogens is 1. The number of nitrogens with one attached hydrogen (secondary N) is 1. The van der Waals surface area contributed by atoms with Crippen molar-refractivity contribution in [3.8, 4) is 0 Å². The fraction of sp³-hybridized carbons (Fsp3) is 0.0714. The Balaban J connectivity index is 1.98. The Bertz CT molecular complexity index is 581. The monoisotopic (exact) mass is 271 g/mol. The Hall–Kier alpha value is -2.27. The molecule has 2 aromatic rings. The second-order valence-corrected chi connectivity index (χ2v) is 4.43. The van der Waals surface area contributed by atoms with Gasteiger partial charge in [0.05, 0.1) is 0 Å². The lowest BCUT2D eigenvalue weighted by atomic mass is 10.1. The van der Waals surface area contributed by atoms with Gasteiger partial charge in [-0.05, 0) is 23.8 Å². The van der Waals surface area contributed by atoms with E-state index in [1.165, 1.54) is 0 Å². The maximum atomic E-state index is 11.9. The minimum absolute atomic E-state index is 0.140. The summed E-state index contributed by atoms with van der Waals surface area (Å²) >= 11 is 4.86. The molecule has 19 heavy (non-hydrogen) atoms. The van der Waals surface area contributed by atoms with Gasteiger partial charge in [-0.15, -0.1) is 0 Å². The van der Waals surface area contributed by atoms with E-state index < -0.39 is 0 Å². The molecule has 0 fully saturated rings. The van der Waals surface area contributed by atoms with Gasteiger partial charge >= 0.3 is 0 Å². The van der Waals surface area contributed by atoms with E-state index in [0.717, 1.165) is 11.1 Å². The minimum Gasteiger partial charge on any atom is -0.389 e. The summed E-state index contributed by atoms with van der Waals surface area (Å²) in [5.41, 5.74) is 7.77. The van der Waals surface area contributed by atoms with Crippen LogP contribution in [0, 0.1) is 0 Å². The van der Waals surface area contributed by atoms with Crippen molar-refractivity contribution in [3.05, 3.63) is 65.5 Å². The largest absolute Gasteiger partial charge is 0.389 e. The van der Waals surface area contributed by atoms with E-state index in [4.69, 9.17) is 18.0 Å². The summed E-state index contributed by atoms with van der Waals surface area (Å²) in [6, 6.07) is 10.6. The zero-order valence-electron chi connectivity index (χ0n) is 10.2. The van der Waals surface area contributed by atoms with Crippen molar-refractivity contribution < 1.29 is 4.79 Å². The molecule has 0 aliphatic carbocycles. The smallest absolute Gasteiger partial charge is 0.251 e. The normalized spacial score (nSPS) is 9.89. The maximum absolute atomic E-state index is 11.9. The zero-order chi connectivity index (χ0) is 13.7. The summed E-state index contributed by atoms with van der Waals surface area (Å²) in [6.45, 7) is 0.448. The number of carbonyl (C=O) groups is 1. The summed E-state index contributed by atoms with van der Waals surface area (Å²) in [6.07, 6.45) is 3.41. The van der Waals surface area contributed by atoms with Crippen LogP contribution >= 0.6 is 12.2 Å². The van der Waals surface area contributed by atoms with Crippen LogP contribution in [0.1, 0.15) is 21.5 Å². The fourth-order valence-corrected chi connectivity index (χ4v) is 1.71. The van der Waals surface area contributed by atoms with Gasteiger partial charge in [-0.3, -0.25) is 9.78 Å². The number of hydrogen-bond acceptors (Lipinski definition) is 3. The van der Waals surface area contributed by atoms with Crippen LogP contribution in [0.25, 0.3) is 0 Å². The van der Waals surface area contributed by atoms with Crippen LogP contribution in [0.4, 0.5) is 0 Å². The van der Waals surface area contributed by atoms with Gasteiger partial charge in [0.1, 0.15) is 4.99 Å². The van der Waals surface area contributed by atoms with E-state index in [-0.39, 0.29) is 5.91 Å². The summed E-state index contributed by atoms with van der Waals surface area (Å²) in [7, 11) is 0. The van der Waals surface area contributed by atoms with Crippen LogP contribution in [-0.2, 0) is 6.54 Å². The Morgan fingerprint density at radius 2 is 1.89 bits per heavy atom. The van der Waals surface area contributed by atoms with E-state index in [9.17, 15) is 4.79 Å². The molecule has 5 heteroatoms. The van der Waals surface area contributed by atoms with Crippen LogP contribution in [0.2, 0.25) is 0 Å². The number of benzene rings is 1. The van der Waals surface area contributed by atoms with Gasteiger partial charge in [0.25, 0.3) is 5.91 Å². The summed E-state index contributed by atoms with van der Waals surface area (Å²) in [5, 5.41) is 2.82. The molecule has 1 heterocycles. The molecule has 0 spiro atoms. The minimum atomic E-state index is -0.140. The molecule has 4 nitrogen and oxygen atoms in total. The fourth-order valence-electron chi connectivity index (χ4n) is 1.57. The lowest BCUT2D eigenvalue weighted by Gasteiger charge is -2.05. The SMILES string of the molecule is NC(=S)c1ccc(C(=O)NCc2cccnc2)cc1. The third kappa shape index (κ3) is 3.59. The summed E-state index contributed by atoms with van der Waals surface area (Å²) in [5.74, 6) is -0.140. The lowest BCUT2D eigenvalue weighted by molar-refractivity contribution is 0.0951. The van der Waals surface area contributed by atoms with Crippen molar-refractivity contribution in [2.45, 2.75) is 6.54 Å². The molecule has 3 N–H and O–H groups in total. The molecular weight excluding hydrogens is 258 g/mol. The number of hydrogen-bond donors (Lipinski definition) is 2. The predicted octanol–water partition coefficient (Wildman–Crippen LogP) is 1.65. The van der Waals surface area contributed by atoms with Crippen LogP contribution in [0.3, 0.4) is 0 Å². The van der Waals surface area contributed by atoms with Gasteiger partial charge in [-0.25, -0.2) is 0 Å². The highest BCUT2D eigenvalue weighted by Crippen LogP contribution is 2.05. The van der Waals surface area contributed by atoms with Crippen molar-refractivity contribution in [3.63, 3.8) is 0 Å². The number of pyridine rings is 1. The first kappa shape index (κ1) is 13.2. The molecule has 1 aromatic heterocycles. The van der Waals surface area contributed by atoms with Crippen LogP contribution < -0.4 is 11.1 Å². The Morgan fingerprint density at radius 3 is 2.47 bits per heavy atom. The average molecular weight is 271 g/mol. The Kier molecular flexibility index (Phi) is 4.20. The van der Waals surface area contributed by atoms with E-state index in [1.54, 1.807) is 36.7 Å². The standard InChI is InChI=1S/C14H13N3OS/c15-13(19)11-3-5-12(6-4-11)14(18)17-9-10-2-1-7-16-8-10/h1-8H,9H2,(H2,15,19)(H,17,18). The van der Waals surface area contributed by atoms with Crippen LogP contribution in [0.15, 0.2) is 48.8 Å². The molecule has 1 aromatic carbocycles. The number of thiocarbonyl (C=S) groups is 1. The van der Waals surface area contributed by atoms with Gasteiger partial charge in [-0.2, -0.15) is 0 Å². The van der Waals surface area contributed by atoms with Crippen molar-refractivity contribution in [1.29, 1.82) is 0 Å². The number of nitrogens with zero attached hydrogens (tertiary/aromatic N) is 1. The van der Waals surface area contributed by atoms with Gasteiger partial charge in [0.2, 0.25) is 0 Å². The third-order valence-corrected chi connectivity index (χ3v) is 2.84. The molecule has 0 saturated heterocycles. The summed E-state index contributed by atoms with van der Waals surface area (Å²) in [4.78, 5) is 16.2. The van der Waals surface area contributed by atoms with E-state index >= 15 is 0 Å². The summed E-state index contributed by atoms with van der Waals surface area (Å²) < 4.78 is 0. The van der Waals surface area contributed by atoms with Crippen molar-refractivity contribution in [2.75, 3.05) is 0 Å². The van der Waals surface area contributed by atoms with E-state index in [2.05, 4.69) is 10.3 Å². The molecule has 0 aliphatic rings. The van der Waals surface area contributed by atoms with Gasteiger partial charge in [0.15, 0.2) is 0 Å². The number of nitrogens with two attached hydrogens (primary N) is 1. The first-order chi connectivity index (χ1) is 9.16. The Labute approximate surface area is 116 Å². The highest BCUT2D eigenvalue weighted by Gasteiger charge is 2.05.